The number of thioether (sulfide) groups is 1. The van der Waals surface area contributed by atoms with E-state index >= 15 is 0 Å². The number of urea groups is 1. The zero-order valence-electron chi connectivity index (χ0n) is 18.3. The number of benzene rings is 1. The Bertz CT molecular complexity index is 1270. The van der Waals surface area contributed by atoms with Crippen LogP contribution < -0.4 is 21.3 Å². The van der Waals surface area contributed by atoms with Gasteiger partial charge in [0, 0.05) is 30.0 Å². The summed E-state index contributed by atoms with van der Waals surface area (Å²) >= 11 is 1.39. The highest BCUT2D eigenvalue weighted by atomic mass is 32.2. The van der Waals surface area contributed by atoms with E-state index in [9.17, 15) is 9.59 Å². The lowest BCUT2D eigenvalue weighted by molar-refractivity contribution is -0.121. The van der Waals surface area contributed by atoms with Gasteiger partial charge in [-0.15, -0.1) is 0 Å². The summed E-state index contributed by atoms with van der Waals surface area (Å²) in [4.78, 5) is 37.1. The molecular formula is C25H24N6O2S. The Labute approximate surface area is 201 Å². The van der Waals surface area contributed by atoms with Crippen LogP contribution in [-0.4, -0.2) is 39.2 Å². The van der Waals surface area contributed by atoms with Crippen molar-refractivity contribution in [2.75, 3.05) is 4.90 Å². The summed E-state index contributed by atoms with van der Waals surface area (Å²) in [7, 11) is 0. The summed E-state index contributed by atoms with van der Waals surface area (Å²) in [6, 6.07) is 14.8. The summed E-state index contributed by atoms with van der Waals surface area (Å²) in [5.74, 6) is 0.403. The number of aromatic nitrogens is 2. The fraction of sp³-hybridized carbons (Fsp3) is 0.280. The summed E-state index contributed by atoms with van der Waals surface area (Å²) in [6.45, 7) is 0. The van der Waals surface area contributed by atoms with Crippen molar-refractivity contribution in [3.8, 4) is 11.1 Å². The van der Waals surface area contributed by atoms with Crippen LogP contribution in [0.3, 0.4) is 0 Å². The predicted octanol–water partition coefficient (Wildman–Crippen LogP) is 3.52. The molecule has 1 aliphatic carbocycles. The number of nitrogens with two attached hydrogens (primary N) is 1. The largest absolute Gasteiger partial charge is 0.351 e. The number of carbonyl (C=O) groups is 2. The number of amides is 3. The molecule has 2 aromatic heterocycles. The van der Waals surface area contributed by atoms with Crippen LogP contribution in [0.4, 0.5) is 16.3 Å². The summed E-state index contributed by atoms with van der Waals surface area (Å²) < 4.78 is 0. The number of hydrogen-bond donors (Lipinski definition) is 3. The molecule has 4 N–H and O–H groups in total. The predicted molar refractivity (Wildman–Crippen MR) is 131 cm³/mol. The van der Waals surface area contributed by atoms with Gasteiger partial charge in [-0.3, -0.25) is 4.79 Å². The van der Waals surface area contributed by atoms with Gasteiger partial charge in [0.15, 0.2) is 0 Å². The Morgan fingerprint density at radius 1 is 1.09 bits per heavy atom. The van der Waals surface area contributed by atoms with E-state index in [1.54, 1.807) is 17.3 Å². The van der Waals surface area contributed by atoms with E-state index in [2.05, 4.69) is 20.6 Å². The summed E-state index contributed by atoms with van der Waals surface area (Å²) in [5, 5.41) is 6.41. The summed E-state index contributed by atoms with van der Waals surface area (Å²) in [5.41, 5.74) is 9.72. The molecule has 3 aliphatic rings. The number of carbonyl (C=O) groups excluding carboxylic acids is 2. The van der Waals surface area contributed by atoms with E-state index in [4.69, 9.17) is 5.73 Å². The third kappa shape index (κ3) is 3.52. The number of pyridine rings is 2. The molecule has 4 atom stereocenters. The lowest BCUT2D eigenvalue weighted by Crippen LogP contribution is -2.52. The highest BCUT2D eigenvalue weighted by Crippen LogP contribution is 2.50. The van der Waals surface area contributed by atoms with Gasteiger partial charge in [-0.1, -0.05) is 42.1 Å². The lowest BCUT2D eigenvalue weighted by atomic mass is 9.99. The average Bonchev–Trinajstić information content (AvgIpc) is 3.44. The maximum absolute atomic E-state index is 13.4. The van der Waals surface area contributed by atoms with E-state index < -0.39 is 11.3 Å². The zero-order chi connectivity index (χ0) is 23.2. The Morgan fingerprint density at radius 2 is 1.91 bits per heavy atom. The molecule has 0 saturated heterocycles. The van der Waals surface area contributed by atoms with Gasteiger partial charge in [0.25, 0.3) is 0 Å². The Balaban J connectivity index is 1.33. The molecule has 3 amide bonds. The van der Waals surface area contributed by atoms with Crippen LogP contribution in [0.25, 0.3) is 11.1 Å². The number of nitrogens with one attached hydrogen (secondary N) is 2. The van der Waals surface area contributed by atoms with Crippen LogP contribution in [0.1, 0.15) is 30.9 Å². The second-order valence-corrected chi connectivity index (χ2v) is 9.96. The molecule has 6 rings (SSSR count). The minimum atomic E-state index is -0.494. The molecule has 0 bridgehead atoms. The molecule has 2 aliphatic heterocycles. The maximum atomic E-state index is 13.4. The van der Waals surface area contributed by atoms with Gasteiger partial charge >= 0.3 is 6.03 Å². The number of nitrogens with zero attached hydrogens (tertiary/aromatic N) is 3. The summed E-state index contributed by atoms with van der Waals surface area (Å²) in [6.07, 6.45) is 6.19. The Morgan fingerprint density at radius 3 is 2.71 bits per heavy atom. The molecule has 9 heteroatoms. The highest BCUT2D eigenvalue weighted by Gasteiger charge is 2.47. The molecule has 4 heterocycles. The molecule has 2 unspecified atom stereocenters. The van der Waals surface area contributed by atoms with Crippen molar-refractivity contribution in [3.63, 3.8) is 0 Å². The van der Waals surface area contributed by atoms with Crippen molar-refractivity contribution in [2.24, 2.45) is 5.73 Å². The van der Waals surface area contributed by atoms with Gasteiger partial charge < -0.3 is 16.4 Å². The number of hydrogen-bond acceptors (Lipinski definition) is 6. The zero-order valence-corrected chi connectivity index (χ0v) is 19.2. The molecule has 1 aromatic carbocycles. The maximum Gasteiger partial charge on any atom is 0.328 e. The van der Waals surface area contributed by atoms with Gasteiger partial charge in [-0.25, -0.2) is 19.7 Å². The molecule has 1 fully saturated rings. The van der Waals surface area contributed by atoms with Crippen molar-refractivity contribution in [1.82, 2.24) is 20.6 Å². The van der Waals surface area contributed by atoms with Crippen LogP contribution in [0.5, 0.6) is 0 Å². The third-order valence-corrected chi connectivity index (χ3v) is 8.03. The van der Waals surface area contributed by atoms with Crippen LogP contribution in [-0.2, 0) is 4.79 Å². The smallest absolute Gasteiger partial charge is 0.328 e. The molecule has 172 valence electrons. The van der Waals surface area contributed by atoms with E-state index in [1.165, 1.54) is 11.8 Å². The molecular weight excluding hydrogens is 448 g/mol. The van der Waals surface area contributed by atoms with E-state index in [1.807, 2.05) is 48.5 Å². The number of anilines is 2. The van der Waals surface area contributed by atoms with E-state index in [-0.39, 0.29) is 24.0 Å². The molecule has 8 nitrogen and oxygen atoms in total. The van der Waals surface area contributed by atoms with Gasteiger partial charge in [0.05, 0.1) is 11.7 Å². The molecule has 3 aromatic rings. The van der Waals surface area contributed by atoms with Crippen molar-refractivity contribution in [2.45, 2.75) is 47.7 Å². The van der Waals surface area contributed by atoms with Crippen molar-refractivity contribution in [1.29, 1.82) is 0 Å². The lowest BCUT2D eigenvalue weighted by Gasteiger charge is -2.34. The number of rotatable bonds is 4. The normalized spacial score (nSPS) is 25.1. The van der Waals surface area contributed by atoms with E-state index in [0.29, 0.717) is 11.5 Å². The second-order valence-electron chi connectivity index (χ2n) is 8.83. The van der Waals surface area contributed by atoms with Crippen molar-refractivity contribution < 1.29 is 9.59 Å². The van der Waals surface area contributed by atoms with Crippen molar-refractivity contribution in [3.05, 3.63) is 66.5 Å². The SMILES string of the molecule is N[C@H]1CCC[C@H]1NC(=O)C1Sc2nccc3c2C1NC(=O)N3c1cc(-c2ccccc2)ccn1. The van der Waals surface area contributed by atoms with Crippen molar-refractivity contribution >= 4 is 35.2 Å². The van der Waals surface area contributed by atoms with Crippen LogP contribution in [0.2, 0.25) is 0 Å². The minimum absolute atomic E-state index is 0.0224. The first-order chi connectivity index (χ1) is 16.6. The van der Waals surface area contributed by atoms with Crippen LogP contribution >= 0.6 is 11.8 Å². The fourth-order valence-corrected chi connectivity index (χ4v) is 6.27. The Kier molecular flexibility index (Phi) is 5.23. The molecule has 1 saturated carbocycles. The topological polar surface area (TPSA) is 113 Å². The quantitative estimate of drug-likeness (QED) is 0.536. The first-order valence-corrected chi connectivity index (χ1v) is 12.3. The van der Waals surface area contributed by atoms with E-state index in [0.717, 1.165) is 41.0 Å². The molecule has 0 radical (unpaired) electrons. The van der Waals surface area contributed by atoms with Crippen LogP contribution in [0.15, 0.2) is 66.0 Å². The van der Waals surface area contributed by atoms with Gasteiger partial charge in [-0.05, 0) is 48.6 Å². The molecule has 0 spiro atoms. The van der Waals surface area contributed by atoms with Gasteiger partial charge in [0.1, 0.15) is 16.1 Å². The monoisotopic (exact) mass is 472 g/mol. The highest BCUT2D eigenvalue weighted by molar-refractivity contribution is 8.01. The Hall–Kier alpha value is -3.43. The van der Waals surface area contributed by atoms with Crippen LogP contribution in [0, 0.1) is 0 Å². The van der Waals surface area contributed by atoms with Gasteiger partial charge in [-0.2, -0.15) is 0 Å². The minimum Gasteiger partial charge on any atom is -0.351 e. The fourth-order valence-electron chi connectivity index (χ4n) is 5.04. The third-order valence-electron chi connectivity index (χ3n) is 6.74. The molecule has 34 heavy (non-hydrogen) atoms. The second kappa shape index (κ2) is 8.41. The first kappa shape index (κ1) is 21.1. The standard InChI is InChI=1S/C25H24N6O2S/c26-16-7-4-8-17(16)29-23(32)22-21-20-18(10-12-28-24(20)34-22)31(25(33)30-21)19-13-15(9-11-27-19)14-5-2-1-3-6-14/h1-3,5-6,9-13,16-17,21-22H,4,7-8,26H2,(H,29,32)(H,30,33)/t16-,17+,21?,22?/m0/s1. The average molecular weight is 473 g/mol. The first-order valence-electron chi connectivity index (χ1n) is 11.4. The van der Waals surface area contributed by atoms with Gasteiger partial charge in [0.2, 0.25) is 5.91 Å².